The average Bonchev–Trinajstić information content (AvgIpc) is 2.66. The summed E-state index contributed by atoms with van der Waals surface area (Å²) < 4.78 is 5.47. The quantitative estimate of drug-likeness (QED) is 0.778. The molecule has 3 rings (SSSR count). The Balaban J connectivity index is 1.65. The summed E-state index contributed by atoms with van der Waals surface area (Å²) in [5, 5.41) is 0. The highest BCUT2D eigenvalue weighted by Crippen LogP contribution is 2.31. The summed E-state index contributed by atoms with van der Waals surface area (Å²) >= 11 is 0. The first kappa shape index (κ1) is 20.5. The van der Waals surface area contributed by atoms with Gasteiger partial charge in [-0.25, -0.2) is 4.79 Å². The molecule has 0 aliphatic carbocycles. The topological polar surface area (TPSA) is 75.9 Å². The molecule has 0 saturated carbocycles. The SMILES string of the molecule is CC(C)(C)OC(=O)N1CCC(c2cc(N)cc(C(=O)N3CCCCC3)c2)CC1. The van der Waals surface area contributed by atoms with E-state index in [4.69, 9.17) is 10.5 Å². The van der Waals surface area contributed by atoms with Gasteiger partial charge in [0, 0.05) is 37.4 Å². The second kappa shape index (κ2) is 8.41. The van der Waals surface area contributed by atoms with Gasteiger partial charge in [-0.15, -0.1) is 0 Å². The van der Waals surface area contributed by atoms with Crippen LogP contribution in [-0.2, 0) is 4.74 Å². The van der Waals surface area contributed by atoms with Crippen molar-refractivity contribution in [2.24, 2.45) is 0 Å². The Hall–Kier alpha value is -2.24. The predicted octanol–water partition coefficient (Wildman–Crippen LogP) is 4.01. The van der Waals surface area contributed by atoms with Crippen LogP contribution in [0, 0.1) is 0 Å². The molecule has 2 fully saturated rings. The molecule has 2 aliphatic heterocycles. The summed E-state index contributed by atoms with van der Waals surface area (Å²) in [5.41, 5.74) is 8.06. The van der Waals surface area contributed by atoms with E-state index < -0.39 is 5.60 Å². The van der Waals surface area contributed by atoms with Gasteiger partial charge in [-0.3, -0.25) is 4.79 Å². The van der Waals surface area contributed by atoms with E-state index in [-0.39, 0.29) is 12.0 Å². The molecule has 6 nitrogen and oxygen atoms in total. The molecule has 2 saturated heterocycles. The number of amides is 2. The molecule has 0 aromatic heterocycles. The zero-order valence-corrected chi connectivity index (χ0v) is 17.4. The lowest BCUT2D eigenvalue weighted by Crippen LogP contribution is -2.41. The fourth-order valence-corrected chi connectivity index (χ4v) is 4.04. The number of likely N-dealkylation sites (tertiary alicyclic amines) is 2. The Kier molecular flexibility index (Phi) is 6.16. The highest BCUT2D eigenvalue weighted by atomic mass is 16.6. The number of nitrogen functional groups attached to an aromatic ring is 1. The van der Waals surface area contributed by atoms with E-state index in [1.54, 1.807) is 11.0 Å². The van der Waals surface area contributed by atoms with Crippen LogP contribution < -0.4 is 5.73 Å². The number of nitrogens with two attached hydrogens (primary N) is 1. The van der Waals surface area contributed by atoms with E-state index in [0.29, 0.717) is 30.3 Å². The smallest absolute Gasteiger partial charge is 0.410 e. The van der Waals surface area contributed by atoms with Gasteiger partial charge in [0.25, 0.3) is 5.91 Å². The Morgan fingerprint density at radius 1 is 0.964 bits per heavy atom. The summed E-state index contributed by atoms with van der Waals surface area (Å²) in [6.45, 7) is 8.61. The van der Waals surface area contributed by atoms with Crippen LogP contribution in [0.2, 0.25) is 0 Å². The fraction of sp³-hybridized carbons (Fsp3) is 0.636. The molecule has 2 amide bonds. The van der Waals surface area contributed by atoms with E-state index in [2.05, 4.69) is 0 Å². The molecular weight excluding hydrogens is 354 g/mol. The molecule has 2 N–H and O–H groups in total. The summed E-state index contributed by atoms with van der Waals surface area (Å²) in [6.07, 6.45) is 4.79. The van der Waals surface area contributed by atoms with Crippen molar-refractivity contribution in [1.82, 2.24) is 9.80 Å². The Morgan fingerprint density at radius 3 is 2.21 bits per heavy atom. The van der Waals surface area contributed by atoms with Crippen molar-refractivity contribution in [1.29, 1.82) is 0 Å². The van der Waals surface area contributed by atoms with Crippen molar-refractivity contribution < 1.29 is 14.3 Å². The van der Waals surface area contributed by atoms with Crippen LogP contribution in [0.15, 0.2) is 18.2 Å². The highest BCUT2D eigenvalue weighted by molar-refractivity contribution is 5.95. The third-order valence-electron chi connectivity index (χ3n) is 5.49. The minimum atomic E-state index is -0.481. The van der Waals surface area contributed by atoms with E-state index in [9.17, 15) is 9.59 Å². The molecule has 0 unspecified atom stereocenters. The van der Waals surface area contributed by atoms with Crippen LogP contribution in [0.4, 0.5) is 10.5 Å². The van der Waals surface area contributed by atoms with E-state index in [1.807, 2.05) is 37.8 Å². The monoisotopic (exact) mass is 387 g/mol. The lowest BCUT2D eigenvalue weighted by Gasteiger charge is -2.34. The second-order valence-electron chi connectivity index (χ2n) is 8.98. The molecule has 2 heterocycles. The van der Waals surface area contributed by atoms with Gasteiger partial charge in [0.1, 0.15) is 5.60 Å². The van der Waals surface area contributed by atoms with Gasteiger partial charge in [0.15, 0.2) is 0 Å². The minimum absolute atomic E-state index is 0.0828. The third kappa shape index (κ3) is 5.18. The first-order chi connectivity index (χ1) is 13.2. The molecule has 154 valence electrons. The number of benzene rings is 1. The Bertz CT molecular complexity index is 712. The fourth-order valence-electron chi connectivity index (χ4n) is 4.04. The van der Waals surface area contributed by atoms with Crippen LogP contribution in [-0.4, -0.2) is 53.6 Å². The molecule has 0 radical (unpaired) electrons. The zero-order chi connectivity index (χ0) is 20.3. The number of rotatable bonds is 2. The first-order valence-corrected chi connectivity index (χ1v) is 10.4. The van der Waals surface area contributed by atoms with Crippen molar-refractivity contribution in [2.75, 3.05) is 31.9 Å². The maximum Gasteiger partial charge on any atom is 0.410 e. The van der Waals surface area contributed by atoms with Gasteiger partial charge in [-0.2, -0.15) is 0 Å². The van der Waals surface area contributed by atoms with Gasteiger partial charge in [0.05, 0.1) is 0 Å². The largest absolute Gasteiger partial charge is 0.444 e. The van der Waals surface area contributed by atoms with Gasteiger partial charge >= 0.3 is 6.09 Å². The lowest BCUT2D eigenvalue weighted by atomic mass is 9.88. The van der Waals surface area contributed by atoms with Crippen LogP contribution in [0.3, 0.4) is 0 Å². The van der Waals surface area contributed by atoms with Crippen molar-refractivity contribution in [3.8, 4) is 0 Å². The van der Waals surface area contributed by atoms with Crippen LogP contribution >= 0.6 is 0 Å². The van der Waals surface area contributed by atoms with E-state index in [0.717, 1.165) is 44.3 Å². The number of anilines is 1. The summed E-state index contributed by atoms with van der Waals surface area (Å²) in [4.78, 5) is 28.8. The second-order valence-corrected chi connectivity index (χ2v) is 8.98. The molecular formula is C22H33N3O3. The summed E-state index contributed by atoms with van der Waals surface area (Å²) in [5.74, 6) is 0.384. The van der Waals surface area contributed by atoms with Crippen molar-refractivity contribution in [2.45, 2.75) is 64.4 Å². The minimum Gasteiger partial charge on any atom is -0.444 e. The molecule has 0 bridgehead atoms. The lowest BCUT2D eigenvalue weighted by molar-refractivity contribution is 0.0205. The molecule has 1 aromatic rings. The zero-order valence-electron chi connectivity index (χ0n) is 17.4. The van der Waals surface area contributed by atoms with Crippen molar-refractivity contribution in [3.05, 3.63) is 29.3 Å². The van der Waals surface area contributed by atoms with Crippen LogP contribution in [0.25, 0.3) is 0 Å². The number of hydrogen-bond donors (Lipinski definition) is 1. The average molecular weight is 388 g/mol. The molecule has 6 heteroatoms. The number of hydrogen-bond acceptors (Lipinski definition) is 4. The van der Waals surface area contributed by atoms with Gasteiger partial charge in [-0.1, -0.05) is 0 Å². The number of ether oxygens (including phenoxy) is 1. The molecule has 0 spiro atoms. The molecule has 2 aliphatic rings. The third-order valence-corrected chi connectivity index (χ3v) is 5.49. The van der Waals surface area contributed by atoms with Crippen LogP contribution in [0.1, 0.15) is 74.7 Å². The van der Waals surface area contributed by atoms with Gasteiger partial charge in [-0.05, 0) is 82.6 Å². The van der Waals surface area contributed by atoms with Crippen molar-refractivity contribution in [3.63, 3.8) is 0 Å². The normalized spacial score (nSPS) is 18.8. The predicted molar refractivity (Wildman–Crippen MR) is 110 cm³/mol. The van der Waals surface area contributed by atoms with Crippen LogP contribution in [0.5, 0.6) is 0 Å². The summed E-state index contributed by atoms with van der Waals surface area (Å²) in [7, 11) is 0. The molecule has 1 aromatic carbocycles. The van der Waals surface area contributed by atoms with Gasteiger partial charge < -0.3 is 20.3 Å². The first-order valence-electron chi connectivity index (χ1n) is 10.4. The maximum absolute atomic E-state index is 12.9. The highest BCUT2D eigenvalue weighted by Gasteiger charge is 2.28. The standard InChI is InChI=1S/C22H33N3O3/c1-22(2,3)28-21(27)25-11-7-16(8-12-25)17-13-18(15-19(23)14-17)20(26)24-9-5-4-6-10-24/h13-16H,4-12,23H2,1-3H3. The molecule has 28 heavy (non-hydrogen) atoms. The number of carbonyl (C=O) groups is 2. The van der Waals surface area contributed by atoms with Crippen molar-refractivity contribution >= 4 is 17.7 Å². The number of nitrogens with zero attached hydrogens (tertiary/aromatic N) is 2. The van der Waals surface area contributed by atoms with E-state index >= 15 is 0 Å². The number of carbonyl (C=O) groups excluding carboxylic acids is 2. The molecule has 0 atom stereocenters. The summed E-state index contributed by atoms with van der Waals surface area (Å²) in [6, 6.07) is 5.76. The number of piperidine rings is 2. The van der Waals surface area contributed by atoms with E-state index in [1.165, 1.54) is 6.42 Å². The maximum atomic E-state index is 12.9. The van der Waals surface area contributed by atoms with Gasteiger partial charge in [0.2, 0.25) is 0 Å². The Labute approximate surface area is 168 Å². The Morgan fingerprint density at radius 2 is 1.61 bits per heavy atom.